The van der Waals surface area contributed by atoms with Crippen molar-refractivity contribution in [2.75, 3.05) is 5.32 Å². The fraction of sp³-hybridized carbons (Fsp3) is 0.318. The number of carboxylic acids is 1. The summed E-state index contributed by atoms with van der Waals surface area (Å²) in [4.78, 5) is 20.5. The molecule has 0 aliphatic heterocycles. The van der Waals surface area contributed by atoms with Crippen molar-refractivity contribution < 1.29 is 9.90 Å². The molecule has 0 atom stereocenters. The van der Waals surface area contributed by atoms with Crippen LogP contribution in [0.25, 0.3) is 11.3 Å². The molecule has 2 N–H and O–H groups in total. The third kappa shape index (κ3) is 4.01. The lowest BCUT2D eigenvalue weighted by Crippen LogP contribution is -2.17. The number of hydrogen-bond acceptors (Lipinski definition) is 6. The third-order valence-electron chi connectivity index (χ3n) is 5.50. The van der Waals surface area contributed by atoms with E-state index in [9.17, 15) is 9.90 Å². The van der Waals surface area contributed by atoms with Gasteiger partial charge in [-0.2, -0.15) is 10.4 Å². The zero-order valence-corrected chi connectivity index (χ0v) is 16.6. The molecular formula is C22H22N6O2. The van der Waals surface area contributed by atoms with E-state index in [0.717, 1.165) is 36.9 Å². The lowest BCUT2D eigenvalue weighted by atomic mass is 9.87. The molecule has 30 heavy (non-hydrogen) atoms. The first-order valence-electron chi connectivity index (χ1n) is 9.92. The lowest BCUT2D eigenvalue weighted by molar-refractivity contribution is 0.0697. The molecule has 2 heterocycles. The first-order valence-corrected chi connectivity index (χ1v) is 9.92. The Balaban J connectivity index is 1.55. The quantitative estimate of drug-likeness (QED) is 0.652. The predicted octanol–water partition coefficient (Wildman–Crippen LogP) is 4.35. The lowest BCUT2D eigenvalue weighted by Gasteiger charge is -2.24. The van der Waals surface area contributed by atoms with Crippen LogP contribution < -0.4 is 5.32 Å². The highest BCUT2D eigenvalue weighted by molar-refractivity contribution is 5.95. The molecule has 3 aromatic rings. The number of aromatic carboxylic acids is 1. The molecule has 0 bridgehead atoms. The van der Waals surface area contributed by atoms with Gasteiger partial charge in [-0.05, 0) is 44.2 Å². The summed E-state index contributed by atoms with van der Waals surface area (Å²) in [6.45, 7) is 1.85. The Morgan fingerprint density at radius 1 is 1.23 bits per heavy atom. The SMILES string of the molecule is Cc1cnc(Nc2cnn([C@H]3CC[C@H](C#N)CC3)c2)nc1-c1ccccc1C(=O)O. The average molecular weight is 402 g/mol. The summed E-state index contributed by atoms with van der Waals surface area (Å²) in [6, 6.07) is 9.45. The summed E-state index contributed by atoms with van der Waals surface area (Å²) in [6.07, 6.45) is 9.01. The Kier molecular flexibility index (Phi) is 5.44. The van der Waals surface area contributed by atoms with E-state index in [2.05, 4.69) is 26.5 Å². The van der Waals surface area contributed by atoms with Crippen LogP contribution in [0, 0.1) is 24.2 Å². The van der Waals surface area contributed by atoms with E-state index in [4.69, 9.17) is 5.26 Å². The van der Waals surface area contributed by atoms with Crippen molar-refractivity contribution in [1.29, 1.82) is 5.26 Å². The Morgan fingerprint density at radius 2 is 2.00 bits per heavy atom. The van der Waals surface area contributed by atoms with Gasteiger partial charge in [-0.25, -0.2) is 14.8 Å². The summed E-state index contributed by atoms with van der Waals surface area (Å²) < 4.78 is 1.94. The van der Waals surface area contributed by atoms with Gasteiger partial charge in [0.25, 0.3) is 0 Å². The van der Waals surface area contributed by atoms with Crippen LogP contribution in [-0.2, 0) is 0 Å². The smallest absolute Gasteiger partial charge is 0.336 e. The molecule has 0 radical (unpaired) electrons. The van der Waals surface area contributed by atoms with E-state index >= 15 is 0 Å². The van der Waals surface area contributed by atoms with Crippen molar-refractivity contribution in [3.8, 4) is 17.3 Å². The van der Waals surface area contributed by atoms with Crippen LogP contribution in [0.4, 0.5) is 11.6 Å². The number of aromatic nitrogens is 4. The summed E-state index contributed by atoms with van der Waals surface area (Å²) in [7, 11) is 0. The maximum absolute atomic E-state index is 11.6. The van der Waals surface area contributed by atoms with E-state index in [1.165, 1.54) is 0 Å². The summed E-state index contributed by atoms with van der Waals surface area (Å²) in [5, 5.41) is 26.2. The number of benzene rings is 1. The summed E-state index contributed by atoms with van der Waals surface area (Å²) in [5.41, 5.74) is 2.88. The second kappa shape index (κ2) is 8.33. The molecule has 1 aromatic carbocycles. The zero-order valence-electron chi connectivity index (χ0n) is 16.6. The predicted molar refractivity (Wildman–Crippen MR) is 111 cm³/mol. The van der Waals surface area contributed by atoms with Crippen LogP contribution in [0.15, 0.2) is 42.9 Å². The molecule has 1 aliphatic carbocycles. The number of nitrogens with one attached hydrogen (secondary N) is 1. The van der Waals surface area contributed by atoms with Gasteiger partial charge < -0.3 is 10.4 Å². The van der Waals surface area contributed by atoms with Gasteiger partial charge in [0.05, 0.1) is 35.3 Å². The van der Waals surface area contributed by atoms with Crippen LogP contribution in [0.5, 0.6) is 0 Å². The minimum Gasteiger partial charge on any atom is -0.478 e. The molecule has 8 heteroatoms. The zero-order chi connectivity index (χ0) is 21.1. The van der Waals surface area contributed by atoms with Crippen LogP contribution >= 0.6 is 0 Å². The number of nitriles is 1. The van der Waals surface area contributed by atoms with Gasteiger partial charge in [0.15, 0.2) is 0 Å². The molecule has 4 rings (SSSR count). The van der Waals surface area contributed by atoms with Crippen LogP contribution in [-0.4, -0.2) is 30.8 Å². The molecule has 152 valence electrons. The Morgan fingerprint density at radius 3 is 2.73 bits per heavy atom. The highest BCUT2D eigenvalue weighted by Gasteiger charge is 2.23. The highest BCUT2D eigenvalue weighted by atomic mass is 16.4. The molecule has 1 aliphatic rings. The normalized spacial score (nSPS) is 18.5. The van der Waals surface area contributed by atoms with Gasteiger partial charge in [0.2, 0.25) is 5.95 Å². The molecule has 8 nitrogen and oxygen atoms in total. The maximum atomic E-state index is 11.6. The molecule has 0 spiro atoms. The standard InChI is InChI=1S/C22H22N6O2/c1-14-11-24-22(27-20(14)18-4-2-3-5-19(18)21(29)30)26-16-12-25-28(13-16)17-8-6-15(10-23)7-9-17/h2-5,11-13,15,17H,6-9H2,1H3,(H,29,30)(H,24,26,27)/t15-,17-. The molecule has 0 amide bonds. The molecule has 2 aromatic heterocycles. The van der Waals surface area contributed by atoms with E-state index in [-0.39, 0.29) is 11.5 Å². The number of anilines is 2. The average Bonchev–Trinajstić information content (AvgIpc) is 3.23. The van der Waals surface area contributed by atoms with Crippen LogP contribution in [0.2, 0.25) is 0 Å². The number of aryl methyl sites for hydroxylation is 1. The van der Waals surface area contributed by atoms with Gasteiger partial charge in [0.1, 0.15) is 0 Å². The van der Waals surface area contributed by atoms with Crippen molar-refractivity contribution in [2.45, 2.75) is 38.6 Å². The van der Waals surface area contributed by atoms with Gasteiger partial charge in [0, 0.05) is 23.9 Å². The monoisotopic (exact) mass is 402 g/mol. The summed E-state index contributed by atoms with van der Waals surface area (Å²) >= 11 is 0. The minimum absolute atomic E-state index is 0.155. The highest BCUT2D eigenvalue weighted by Crippen LogP contribution is 2.32. The number of rotatable bonds is 5. The van der Waals surface area contributed by atoms with E-state index in [1.807, 2.05) is 17.8 Å². The Labute approximate surface area is 174 Å². The number of carboxylic acid groups (broad SMARTS) is 1. The van der Waals surface area contributed by atoms with Crippen molar-refractivity contribution in [1.82, 2.24) is 19.7 Å². The molecule has 0 unspecified atom stereocenters. The molecule has 1 saturated carbocycles. The Hall–Kier alpha value is -3.73. The molecule has 0 saturated heterocycles. The van der Waals surface area contributed by atoms with Gasteiger partial charge in [-0.1, -0.05) is 18.2 Å². The minimum atomic E-state index is -0.995. The first kappa shape index (κ1) is 19.6. The number of nitrogens with zero attached hydrogens (tertiary/aromatic N) is 5. The van der Waals surface area contributed by atoms with Gasteiger partial charge in [-0.3, -0.25) is 4.68 Å². The van der Waals surface area contributed by atoms with Gasteiger partial charge in [-0.15, -0.1) is 0 Å². The van der Waals surface area contributed by atoms with E-state index in [0.29, 0.717) is 23.2 Å². The molecular weight excluding hydrogens is 380 g/mol. The van der Waals surface area contributed by atoms with Crippen molar-refractivity contribution in [3.63, 3.8) is 0 Å². The third-order valence-corrected chi connectivity index (χ3v) is 5.50. The van der Waals surface area contributed by atoms with Gasteiger partial charge >= 0.3 is 5.97 Å². The summed E-state index contributed by atoms with van der Waals surface area (Å²) in [5.74, 6) is -0.462. The topological polar surface area (TPSA) is 117 Å². The van der Waals surface area contributed by atoms with Crippen molar-refractivity contribution in [3.05, 3.63) is 54.0 Å². The van der Waals surface area contributed by atoms with E-state index < -0.39 is 5.97 Å². The largest absolute Gasteiger partial charge is 0.478 e. The fourth-order valence-corrected chi connectivity index (χ4v) is 3.85. The number of carbonyl (C=O) groups is 1. The van der Waals surface area contributed by atoms with E-state index in [1.54, 1.807) is 36.7 Å². The Bertz CT molecular complexity index is 1110. The number of hydrogen-bond donors (Lipinski definition) is 2. The second-order valence-corrected chi connectivity index (χ2v) is 7.54. The van der Waals surface area contributed by atoms with Crippen molar-refractivity contribution >= 4 is 17.6 Å². The van der Waals surface area contributed by atoms with Crippen molar-refractivity contribution in [2.24, 2.45) is 5.92 Å². The maximum Gasteiger partial charge on any atom is 0.336 e. The molecule has 1 fully saturated rings. The first-order chi connectivity index (χ1) is 14.5. The van der Waals surface area contributed by atoms with Crippen LogP contribution in [0.1, 0.15) is 47.6 Å². The van der Waals surface area contributed by atoms with Crippen LogP contribution in [0.3, 0.4) is 0 Å². The fourth-order valence-electron chi connectivity index (χ4n) is 3.85. The second-order valence-electron chi connectivity index (χ2n) is 7.54.